The van der Waals surface area contributed by atoms with Gasteiger partial charge < -0.3 is 16.2 Å². The van der Waals surface area contributed by atoms with Crippen molar-refractivity contribution in [1.29, 1.82) is 0 Å². The van der Waals surface area contributed by atoms with Crippen molar-refractivity contribution in [2.24, 2.45) is 11.7 Å². The summed E-state index contributed by atoms with van der Waals surface area (Å²) in [6, 6.07) is 7.55. The molecule has 4 N–H and O–H groups in total. The summed E-state index contributed by atoms with van der Waals surface area (Å²) in [5.41, 5.74) is 6.98. The number of piperidine rings is 1. The Bertz CT molecular complexity index is 327. The van der Waals surface area contributed by atoms with Crippen LogP contribution in [0.25, 0.3) is 0 Å². The second-order valence-corrected chi connectivity index (χ2v) is 4.19. The molecule has 2 atom stereocenters. The summed E-state index contributed by atoms with van der Waals surface area (Å²) in [6.45, 7) is 2.72. The van der Waals surface area contributed by atoms with Gasteiger partial charge in [-0.2, -0.15) is 0 Å². The molecule has 1 saturated heterocycles. The lowest BCUT2D eigenvalue weighted by molar-refractivity contribution is 0.332. The molecule has 1 heterocycles. The van der Waals surface area contributed by atoms with Gasteiger partial charge in [-0.1, -0.05) is 12.1 Å². The van der Waals surface area contributed by atoms with Crippen LogP contribution in [0.3, 0.4) is 0 Å². The molecule has 82 valence electrons. The second-order valence-electron chi connectivity index (χ2n) is 4.19. The van der Waals surface area contributed by atoms with Crippen molar-refractivity contribution < 1.29 is 5.11 Å². The quantitative estimate of drug-likeness (QED) is 0.677. The topological polar surface area (TPSA) is 58.3 Å². The highest BCUT2D eigenvalue weighted by atomic mass is 16.3. The second kappa shape index (κ2) is 4.64. The van der Waals surface area contributed by atoms with Gasteiger partial charge in [0.1, 0.15) is 5.75 Å². The van der Waals surface area contributed by atoms with Gasteiger partial charge >= 0.3 is 0 Å². The lowest BCUT2D eigenvalue weighted by Crippen LogP contribution is -2.39. The Kier molecular flexibility index (Phi) is 3.23. The van der Waals surface area contributed by atoms with Crippen LogP contribution in [-0.2, 0) is 0 Å². The minimum atomic E-state index is 0.349. The molecule has 0 bridgehead atoms. The van der Waals surface area contributed by atoms with E-state index >= 15 is 0 Å². The first-order valence-corrected chi connectivity index (χ1v) is 5.51. The molecule has 3 nitrogen and oxygen atoms in total. The third-order valence-corrected chi connectivity index (χ3v) is 3.21. The van der Waals surface area contributed by atoms with E-state index in [1.165, 1.54) is 5.56 Å². The minimum Gasteiger partial charge on any atom is -0.508 e. The molecule has 3 heteroatoms. The zero-order valence-electron chi connectivity index (χ0n) is 8.82. The molecule has 0 spiro atoms. The molecular formula is C12H18N2O. The molecule has 1 aromatic rings. The van der Waals surface area contributed by atoms with Crippen LogP contribution in [0.5, 0.6) is 5.75 Å². The number of nitrogens with one attached hydrogen (secondary N) is 1. The average Bonchev–Trinajstić information content (AvgIpc) is 2.29. The predicted molar refractivity (Wildman–Crippen MR) is 60.9 cm³/mol. The van der Waals surface area contributed by atoms with Gasteiger partial charge in [0, 0.05) is 0 Å². The van der Waals surface area contributed by atoms with E-state index in [0.29, 0.717) is 24.1 Å². The normalized spacial score (nSPS) is 26.5. The molecule has 0 saturated carbocycles. The molecule has 1 aliphatic rings. The zero-order valence-corrected chi connectivity index (χ0v) is 8.82. The average molecular weight is 206 g/mol. The SMILES string of the molecule is NCC1CNCCC1c1cccc(O)c1. The standard InChI is InChI=1S/C12H18N2O/c13-7-10-8-14-5-4-12(10)9-2-1-3-11(15)6-9/h1-3,6,10,12,14-15H,4-5,7-8,13H2. The van der Waals surface area contributed by atoms with E-state index in [1.54, 1.807) is 6.07 Å². The number of hydrogen-bond acceptors (Lipinski definition) is 3. The number of aromatic hydroxyl groups is 1. The Labute approximate surface area is 90.3 Å². The first-order chi connectivity index (χ1) is 7.31. The van der Waals surface area contributed by atoms with Crippen LogP contribution < -0.4 is 11.1 Å². The maximum atomic E-state index is 9.46. The first kappa shape index (κ1) is 10.5. The van der Waals surface area contributed by atoms with Crippen LogP contribution in [0.1, 0.15) is 17.9 Å². The molecule has 0 amide bonds. The van der Waals surface area contributed by atoms with Crippen LogP contribution >= 0.6 is 0 Å². The van der Waals surface area contributed by atoms with E-state index < -0.39 is 0 Å². The van der Waals surface area contributed by atoms with Crippen molar-refractivity contribution >= 4 is 0 Å². The lowest BCUT2D eigenvalue weighted by atomic mass is 9.81. The number of benzene rings is 1. The summed E-state index contributed by atoms with van der Waals surface area (Å²) in [4.78, 5) is 0. The Hall–Kier alpha value is -1.06. The molecule has 1 aliphatic heterocycles. The van der Waals surface area contributed by atoms with Crippen LogP contribution in [0.4, 0.5) is 0 Å². The number of nitrogens with two attached hydrogens (primary N) is 1. The van der Waals surface area contributed by atoms with Gasteiger partial charge in [-0.15, -0.1) is 0 Å². The fourth-order valence-corrected chi connectivity index (χ4v) is 2.36. The summed E-state index contributed by atoms with van der Waals surface area (Å²) in [5, 5.41) is 12.8. The van der Waals surface area contributed by atoms with Gasteiger partial charge in [-0.25, -0.2) is 0 Å². The van der Waals surface area contributed by atoms with E-state index in [0.717, 1.165) is 19.5 Å². The molecular weight excluding hydrogens is 188 g/mol. The van der Waals surface area contributed by atoms with Gasteiger partial charge in [0.05, 0.1) is 0 Å². The molecule has 0 aromatic heterocycles. The Morgan fingerprint density at radius 1 is 1.47 bits per heavy atom. The summed E-state index contributed by atoms with van der Waals surface area (Å²) in [7, 11) is 0. The van der Waals surface area contributed by atoms with Crippen molar-refractivity contribution in [2.75, 3.05) is 19.6 Å². The van der Waals surface area contributed by atoms with Gasteiger partial charge in [-0.3, -0.25) is 0 Å². The molecule has 2 unspecified atom stereocenters. The van der Waals surface area contributed by atoms with Crippen molar-refractivity contribution in [3.8, 4) is 5.75 Å². The largest absolute Gasteiger partial charge is 0.508 e. The van der Waals surface area contributed by atoms with Crippen molar-refractivity contribution in [3.05, 3.63) is 29.8 Å². The van der Waals surface area contributed by atoms with Gasteiger partial charge in [0.15, 0.2) is 0 Å². The smallest absolute Gasteiger partial charge is 0.115 e. The third kappa shape index (κ3) is 2.30. The van der Waals surface area contributed by atoms with Crippen LogP contribution in [0, 0.1) is 5.92 Å². The van der Waals surface area contributed by atoms with Crippen molar-refractivity contribution in [1.82, 2.24) is 5.32 Å². The van der Waals surface area contributed by atoms with E-state index in [2.05, 4.69) is 11.4 Å². The van der Waals surface area contributed by atoms with Crippen molar-refractivity contribution in [2.45, 2.75) is 12.3 Å². The molecule has 2 rings (SSSR count). The third-order valence-electron chi connectivity index (χ3n) is 3.21. The number of rotatable bonds is 2. The zero-order chi connectivity index (χ0) is 10.7. The Balaban J connectivity index is 2.20. The van der Waals surface area contributed by atoms with Crippen LogP contribution in [0.15, 0.2) is 24.3 Å². The highest BCUT2D eigenvalue weighted by molar-refractivity contribution is 5.30. The molecule has 1 fully saturated rings. The summed E-state index contributed by atoms with van der Waals surface area (Å²) < 4.78 is 0. The Morgan fingerprint density at radius 3 is 3.07 bits per heavy atom. The lowest BCUT2D eigenvalue weighted by Gasteiger charge is -2.31. The molecule has 1 aromatic carbocycles. The predicted octanol–water partition coefficient (Wildman–Crippen LogP) is 1.04. The number of phenolic OH excluding ortho intramolecular Hbond substituents is 1. The van der Waals surface area contributed by atoms with Gasteiger partial charge in [0.2, 0.25) is 0 Å². The summed E-state index contributed by atoms with van der Waals surface area (Å²) >= 11 is 0. The highest BCUT2D eigenvalue weighted by Crippen LogP contribution is 2.31. The maximum Gasteiger partial charge on any atom is 0.115 e. The highest BCUT2D eigenvalue weighted by Gasteiger charge is 2.25. The minimum absolute atomic E-state index is 0.349. The van der Waals surface area contributed by atoms with E-state index in [1.807, 2.05) is 12.1 Å². The number of phenols is 1. The number of hydrogen-bond donors (Lipinski definition) is 3. The van der Waals surface area contributed by atoms with Gasteiger partial charge in [0.25, 0.3) is 0 Å². The fourth-order valence-electron chi connectivity index (χ4n) is 2.36. The van der Waals surface area contributed by atoms with Crippen LogP contribution in [0.2, 0.25) is 0 Å². The summed E-state index contributed by atoms with van der Waals surface area (Å²) in [6.07, 6.45) is 1.10. The van der Waals surface area contributed by atoms with Gasteiger partial charge in [-0.05, 0) is 55.6 Å². The molecule has 15 heavy (non-hydrogen) atoms. The van der Waals surface area contributed by atoms with E-state index in [4.69, 9.17) is 5.73 Å². The maximum absolute atomic E-state index is 9.46. The monoisotopic (exact) mass is 206 g/mol. The van der Waals surface area contributed by atoms with Crippen molar-refractivity contribution in [3.63, 3.8) is 0 Å². The molecule has 0 radical (unpaired) electrons. The Morgan fingerprint density at radius 2 is 2.33 bits per heavy atom. The first-order valence-electron chi connectivity index (χ1n) is 5.51. The molecule has 0 aliphatic carbocycles. The fraction of sp³-hybridized carbons (Fsp3) is 0.500. The van der Waals surface area contributed by atoms with Crippen LogP contribution in [-0.4, -0.2) is 24.7 Å². The summed E-state index contributed by atoms with van der Waals surface area (Å²) in [5.74, 6) is 1.32. The van der Waals surface area contributed by atoms with E-state index in [9.17, 15) is 5.11 Å². The van der Waals surface area contributed by atoms with E-state index in [-0.39, 0.29) is 0 Å².